The van der Waals surface area contributed by atoms with Crippen LogP contribution in [0.3, 0.4) is 0 Å². The maximum atomic E-state index is 2.91. The normalized spacial score (nSPS) is 17.3. The van der Waals surface area contributed by atoms with E-state index in [2.05, 4.69) is 400 Å². The van der Waals surface area contributed by atoms with Crippen LogP contribution in [0.15, 0.2) is 303 Å². The zero-order chi connectivity index (χ0) is 74.9. The molecule has 6 aliphatic heterocycles. The van der Waals surface area contributed by atoms with Gasteiger partial charge in [0.25, 0.3) is 0 Å². The number of hydrogen-bond donors (Lipinski definition) is 0. The fourth-order valence-corrected chi connectivity index (χ4v) is 45.0. The molecule has 0 atom stereocenters. The first-order chi connectivity index (χ1) is 54.5. The maximum absolute atomic E-state index is 4.69. The number of hydrogen-bond acceptors (Lipinski definition) is 6. The fraction of sp³-hybridized carbons (Fsp3) is 0.135. The standard InChI is InChI=1S/C104H80Ge2N6/c1-101(2)75-53-33-29-49-67(75)71-57-79-87-93(83(71)101)111(65-45-25-15-26-46-65)94-84-72(68-50-30-34-54-76(68)102(84,3)4)58-80-88(94)105(87,9)91-97(107(79)61-37-17-11-18-38-61)99-92-100(98(91)108(80)62-39-19-12-20-40-62)110(64-43-23-14-24-44-64)82-60-74-70-52-32-36-56-78(70)104(7,8)86(74)96-90(82)106(92,10)89-81(109(99)63-41-21-13-22-42-63)59-73-69-51-31-35-55-77(69)103(5,6)85(73)95(89)112(96)66-47-27-16-28-48-66/h11-60H,1-10H3. The summed E-state index contributed by atoms with van der Waals surface area (Å²) in [4.78, 5) is 17.3. The van der Waals surface area contributed by atoms with Gasteiger partial charge in [-0.15, -0.1) is 0 Å². The Bertz CT molecular complexity index is 6040. The molecular weight excluding hydrogens is 1480 g/mol. The van der Waals surface area contributed by atoms with Crippen LogP contribution in [0.1, 0.15) is 99.9 Å². The molecule has 0 bridgehead atoms. The van der Waals surface area contributed by atoms with Gasteiger partial charge in [-0.3, -0.25) is 0 Å². The molecule has 0 unspecified atom stereocenters. The molecule has 6 heterocycles. The number of rotatable bonds is 6. The third-order valence-corrected chi connectivity index (χ3v) is 47.1. The van der Waals surface area contributed by atoms with Crippen LogP contribution in [-0.2, 0) is 21.7 Å². The van der Waals surface area contributed by atoms with Crippen LogP contribution >= 0.6 is 0 Å². The summed E-state index contributed by atoms with van der Waals surface area (Å²) in [6.45, 7) is 20.3. The summed E-state index contributed by atoms with van der Waals surface area (Å²) >= 11 is -9.38. The first-order valence-electron chi connectivity index (χ1n) is 40.1. The first-order valence-corrected chi connectivity index (χ1v) is 50.6. The summed E-state index contributed by atoms with van der Waals surface area (Å²) in [5.41, 5.74) is 42.7. The van der Waals surface area contributed by atoms with E-state index in [1.54, 1.807) is 0 Å². The Kier molecular flexibility index (Phi) is 12.1. The second kappa shape index (κ2) is 21.2. The Labute approximate surface area is 660 Å². The Morgan fingerprint density at radius 2 is 0.366 bits per heavy atom. The van der Waals surface area contributed by atoms with Crippen LogP contribution in [-0.4, -0.2) is 26.5 Å². The van der Waals surface area contributed by atoms with Gasteiger partial charge in [0, 0.05) is 0 Å². The fourth-order valence-electron chi connectivity index (χ4n) is 24.2. The third kappa shape index (κ3) is 7.31. The molecule has 0 amide bonds. The zero-order valence-electron chi connectivity index (χ0n) is 64.6. The van der Waals surface area contributed by atoms with Gasteiger partial charge in [0.15, 0.2) is 0 Å². The number of fused-ring (bicyclic) bond motifs is 18. The first kappa shape index (κ1) is 63.9. The van der Waals surface area contributed by atoms with Crippen molar-refractivity contribution in [3.63, 3.8) is 0 Å². The molecule has 0 saturated heterocycles. The average Bonchev–Trinajstić information content (AvgIpc) is 0.869. The Morgan fingerprint density at radius 3 is 0.571 bits per heavy atom. The summed E-state index contributed by atoms with van der Waals surface area (Å²) in [5.74, 6) is 5.82. The molecule has 0 saturated carbocycles. The molecule has 0 fully saturated rings. The molecule has 8 heteroatoms. The summed E-state index contributed by atoms with van der Waals surface area (Å²) in [7, 11) is 0. The van der Waals surface area contributed by atoms with Crippen LogP contribution < -0.4 is 55.8 Å². The monoisotopic (exact) mass is 1560 g/mol. The van der Waals surface area contributed by atoms with Crippen molar-refractivity contribution in [2.75, 3.05) is 29.4 Å². The Morgan fingerprint density at radius 1 is 0.188 bits per heavy atom. The quantitative estimate of drug-likeness (QED) is 0.153. The average molecular weight is 1560 g/mol. The van der Waals surface area contributed by atoms with Crippen molar-refractivity contribution in [3.05, 3.63) is 348 Å². The van der Waals surface area contributed by atoms with Gasteiger partial charge in [-0.2, -0.15) is 0 Å². The Hall–Kier alpha value is -11.8. The molecule has 534 valence electrons. The topological polar surface area (TPSA) is 19.4 Å². The minimum absolute atomic E-state index is 0.416. The molecule has 6 nitrogen and oxygen atoms in total. The summed E-state index contributed by atoms with van der Waals surface area (Å²) in [6, 6.07) is 119. The van der Waals surface area contributed by atoms with Crippen LogP contribution in [0.5, 0.6) is 0 Å². The number of nitrogens with zero attached hydrogens (tertiary/aromatic N) is 6. The van der Waals surface area contributed by atoms with Gasteiger partial charge in [-0.1, -0.05) is 0 Å². The van der Waals surface area contributed by atoms with E-state index < -0.39 is 48.2 Å². The molecule has 112 heavy (non-hydrogen) atoms. The van der Waals surface area contributed by atoms with E-state index in [4.69, 9.17) is 0 Å². The van der Waals surface area contributed by atoms with Gasteiger partial charge >= 0.3 is 666 Å². The molecule has 10 aliphatic rings. The van der Waals surface area contributed by atoms with Crippen molar-refractivity contribution in [1.82, 2.24) is 0 Å². The zero-order valence-corrected chi connectivity index (χ0v) is 68.7. The van der Waals surface area contributed by atoms with Crippen molar-refractivity contribution in [2.45, 2.75) is 88.6 Å². The second-order valence-electron chi connectivity index (χ2n) is 35.3. The predicted molar refractivity (Wildman–Crippen MR) is 473 cm³/mol. The molecule has 4 aliphatic carbocycles. The molecule has 15 aromatic carbocycles. The SMILES string of the molecule is CC1(C)c2ccccc2-c2cc3[c]4c(c21)N(c1ccccc1)c1c2c(cc5[c]1[Ge]4([CH3])[c]1c(c4[c]6c(c1N5c1ccccc1)N(c1ccccc1)c1cc5c(c7[c]1[Ge]6([CH3])[c]1c(cc6c(c1N7c1ccccc1)C(C)(C)c1ccccc1-6)N4c1ccccc1)C(C)(C)c1ccccc1-5)N3c1ccccc1)-c1ccccc1C2(C)C. The van der Waals surface area contributed by atoms with E-state index in [1.807, 2.05) is 0 Å². The van der Waals surface area contributed by atoms with Crippen LogP contribution in [0.25, 0.3) is 44.5 Å². The van der Waals surface area contributed by atoms with E-state index in [-0.39, 0.29) is 0 Å². The van der Waals surface area contributed by atoms with Gasteiger partial charge in [0.05, 0.1) is 0 Å². The molecule has 15 aromatic rings. The van der Waals surface area contributed by atoms with Crippen molar-refractivity contribution >= 4 is 155 Å². The van der Waals surface area contributed by atoms with Gasteiger partial charge in [0.1, 0.15) is 0 Å². The molecular formula is C104H80Ge2N6. The summed E-state index contributed by atoms with van der Waals surface area (Å²) in [5, 5.41) is 0. The van der Waals surface area contributed by atoms with E-state index >= 15 is 0 Å². The van der Waals surface area contributed by atoms with E-state index in [0.29, 0.717) is 0 Å². The number of anilines is 18. The summed E-state index contributed by atoms with van der Waals surface area (Å²) < 4.78 is 9.01. The molecule has 25 rings (SSSR count). The molecule has 0 aromatic heterocycles. The summed E-state index contributed by atoms with van der Waals surface area (Å²) in [6.07, 6.45) is 0. The van der Waals surface area contributed by atoms with E-state index in [1.165, 1.54) is 195 Å². The van der Waals surface area contributed by atoms with E-state index in [0.717, 1.165) is 22.7 Å². The van der Waals surface area contributed by atoms with Crippen molar-refractivity contribution in [3.8, 4) is 44.5 Å². The number of para-hydroxylation sites is 6. The molecule has 0 radical (unpaired) electrons. The Balaban J connectivity index is 0.983. The van der Waals surface area contributed by atoms with E-state index in [9.17, 15) is 0 Å². The van der Waals surface area contributed by atoms with Gasteiger partial charge in [0.2, 0.25) is 0 Å². The minimum atomic E-state index is -4.69. The molecule has 0 N–H and O–H groups in total. The van der Waals surface area contributed by atoms with Crippen LogP contribution in [0, 0.1) is 0 Å². The van der Waals surface area contributed by atoms with Crippen LogP contribution in [0.2, 0.25) is 11.5 Å². The van der Waals surface area contributed by atoms with Crippen molar-refractivity contribution in [2.24, 2.45) is 0 Å². The van der Waals surface area contributed by atoms with Crippen LogP contribution in [0.4, 0.5) is 102 Å². The second-order valence-corrected chi connectivity index (χ2v) is 51.0. The molecule has 0 spiro atoms. The van der Waals surface area contributed by atoms with Crippen molar-refractivity contribution in [1.29, 1.82) is 0 Å². The third-order valence-electron chi connectivity index (χ3n) is 28.4. The van der Waals surface area contributed by atoms with Gasteiger partial charge < -0.3 is 0 Å². The predicted octanol–water partition coefficient (Wildman–Crippen LogP) is 23.8. The van der Waals surface area contributed by atoms with Gasteiger partial charge in [-0.05, 0) is 0 Å². The van der Waals surface area contributed by atoms with Gasteiger partial charge in [-0.25, -0.2) is 0 Å². The van der Waals surface area contributed by atoms with Crippen molar-refractivity contribution < 1.29 is 0 Å². The number of benzene rings is 15.